The Morgan fingerprint density at radius 2 is 1.86 bits per heavy atom. The van der Waals surface area contributed by atoms with E-state index in [-0.39, 0.29) is 29.5 Å². The number of sulfonamides is 1. The molecule has 0 spiro atoms. The summed E-state index contributed by atoms with van der Waals surface area (Å²) in [6.07, 6.45) is 0.0761. The number of hydrogen-bond acceptors (Lipinski definition) is 6. The number of hydrogen-bond donors (Lipinski definition) is 2. The largest absolute Gasteiger partial charge is 0.450 e. The average Bonchev–Trinajstić information content (AvgIpc) is 3.22. The van der Waals surface area contributed by atoms with Gasteiger partial charge in [0.2, 0.25) is 10.0 Å². The molecule has 8 nitrogen and oxygen atoms in total. The first kappa shape index (κ1) is 21.3. The van der Waals surface area contributed by atoms with Crippen LogP contribution in [-0.4, -0.2) is 51.0 Å². The highest BCUT2D eigenvalue weighted by molar-refractivity contribution is 7.89. The molecule has 29 heavy (non-hydrogen) atoms. The lowest BCUT2D eigenvalue weighted by atomic mass is 10.0. The number of fused-ring (bicyclic) bond motifs is 1. The molecule has 0 unspecified atom stereocenters. The number of nitrogens with one attached hydrogen (secondary N) is 2. The van der Waals surface area contributed by atoms with Gasteiger partial charge in [-0.3, -0.25) is 4.79 Å². The van der Waals surface area contributed by atoms with Crippen LogP contribution in [0.2, 0.25) is 0 Å². The summed E-state index contributed by atoms with van der Waals surface area (Å²) in [5, 5.41) is 6.72. The first-order valence-electron chi connectivity index (χ1n) is 9.26. The van der Waals surface area contributed by atoms with Gasteiger partial charge in [-0.25, -0.2) is 13.2 Å². The molecule has 0 bridgehead atoms. The molecular weight excluding hydrogens is 414 g/mol. The number of ether oxygens (including phenoxy) is 1. The van der Waals surface area contributed by atoms with Crippen LogP contribution in [-0.2, 0) is 27.7 Å². The molecule has 0 saturated heterocycles. The van der Waals surface area contributed by atoms with Gasteiger partial charge in [0.1, 0.15) is 9.77 Å². The molecule has 2 heterocycles. The molecular formula is C19H23N3O5S2. The van der Waals surface area contributed by atoms with E-state index in [1.807, 2.05) is 24.3 Å². The van der Waals surface area contributed by atoms with Crippen molar-refractivity contribution in [2.24, 2.45) is 0 Å². The van der Waals surface area contributed by atoms with Crippen molar-refractivity contribution >= 4 is 33.4 Å². The van der Waals surface area contributed by atoms with Crippen LogP contribution in [0.15, 0.2) is 40.6 Å². The minimum atomic E-state index is -3.80. The molecule has 156 valence electrons. The second-order valence-electron chi connectivity index (χ2n) is 6.37. The number of carbonyl (C=O) groups is 2. The molecule has 0 saturated carbocycles. The molecule has 2 aromatic rings. The third-order valence-corrected chi connectivity index (χ3v) is 7.43. The first-order chi connectivity index (χ1) is 13.9. The molecule has 3 rings (SSSR count). The summed E-state index contributed by atoms with van der Waals surface area (Å²) in [6.45, 7) is 2.96. The van der Waals surface area contributed by atoms with Gasteiger partial charge in [0, 0.05) is 26.2 Å². The monoisotopic (exact) mass is 437 g/mol. The van der Waals surface area contributed by atoms with Gasteiger partial charge >= 0.3 is 6.09 Å². The number of nitrogens with zero attached hydrogens (tertiary/aromatic N) is 1. The number of thiophene rings is 1. The van der Waals surface area contributed by atoms with Crippen LogP contribution in [0.5, 0.6) is 0 Å². The number of alkyl carbamates (subject to hydrolysis) is 1. The highest BCUT2D eigenvalue weighted by Crippen LogP contribution is 2.29. The Bertz CT molecular complexity index is 987. The highest BCUT2D eigenvalue weighted by atomic mass is 32.2. The lowest BCUT2D eigenvalue weighted by molar-refractivity contribution is 0.0953. The maximum absolute atomic E-state index is 13.2. The zero-order chi connectivity index (χ0) is 20.9. The van der Waals surface area contributed by atoms with Crippen molar-refractivity contribution in [3.8, 4) is 0 Å². The lowest BCUT2D eigenvalue weighted by Crippen LogP contribution is -2.37. The van der Waals surface area contributed by atoms with E-state index in [2.05, 4.69) is 10.6 Å². The topological polar surface area (TPSA) is 105 Å². The number of rotatable bonds is 7. The summed E-state index contributed by atoms with van der Waals surface area (Å²) in [5.41, 5.74) is 2.13. The Morgan fingerprint density at radius 1 is 1.14 bits per heavy atom. The summed E-state index contributed by atoms with van der Waals surface area (Å²) < 4.78 is 32.5. The van der Waals surface area contributed by atoms with Crippen molar-refractivity contribution in [1.29, 1.82) is 0 Å². The summed E-state index contributed by atoms with van der Waals surface area (Å²) in [6, 6.07) is 9.23. The van der Waals surface area contributed by atoms with Crippen LogP contribution in [0.25, 0.3) is 0 Å². The molecule has 0 atom stereocenters. The van der Waals surface area contributed by atoms with E-state index in [4.69, 9.17) is 4.74 Å². The van der Waals surface area contributed by atoms with Crippen molar-refractivity contribution in [3.05, 3.63) is 51.7 Å². The molecule has 0 aliphatic carbocycles. The van der Waals surface area contributed by atoms with E-state index >= 15 is 0 Å². The molecule has 10 heteroatoms. The Balaban J connectivity index is 1.66. The SMILES string of the molecule is CCOC(=O)NCCNC(=O)c1sccc1S(=O)(=O)N1CCc2ccccc2C1. The van der Waals surface area contributed by atoms with Gasteiger partial charge in [0.25, 0.3) is 5.91 Å². The van der Waals surface area contributed by atoms with Gasteiger partial charge < -0.3 is 15.4 Å². The van der Waals surface area contributed by atoms with Crippen molar-refractivity contribution in [1.82, 2.24) is 14.9 Å². The molecule has 2 N–H and O–H groups in total. The summed E-state index contributed by atoms with van der Waals surface area (Å²) in [4.78, 5) is 23.9. The van der Waals surface area contributed by atoms with Crippen molar-refractivity contribution < 1.29 is 22.7 Å². The highest BCUT2D eigenvalue weighted by Gasteiger charge is 2.32. The fourth-order valence-electron chi connectivity index (χ4n) is 3.08. The van der Waals surface area contributed by atoms with Crippen molar-refractivity contribution in [2.75, 3.05) is 26.2 Å². The Kier molecular flexibility index (Phi) is 6.88. The molecule has 1 aromatic heterocycles. The fourth-order valence-corrected chi connectivity index (χ4v) is 5.82. The van der Waals surface area contributed by atoms with Gasteiger partial charge in [-0.05, 0) is 35.9 Å². The minimum Gasteiger partial charge on any atom is -0.450 e. The van der Waals surface area contributed by atoms with Crippen molar-refractivity contribution in [3.63, 3.8) is 0 Å². The second kappa shape index (κ2) is 9.38. The van der Waals surface area contributed by atoms with Gasteiger partial charge in [0.05, 0.1) is 6.61 Å². The quantitative estimate of drug-likeness (QED) is 0.645. The van der Waals surface area contributed by atoms with Gasteiger partial charge in [-0.2, -0.15) is 4.31 Å². The van der Waals surface area contributed by atoms with Crippen LogP contribution in [0, 0.1) is 0 Å². The predicted molar refractivity (Wildman–Crippen MR) is 109 cm³/mol. The molecule has 0 radical (unpaired) electrons. The maximum atomic E-state index is 13.2. The molecule has 1 aliphatic heterocycles. The van der Waals surface area contributed by atoms with Gasteiger partial charge in [0.15, 0.2) is 0 Å². The summed E-state index contributed by atoms with van der Waals surface area (Å²) in [5.74, 6) is -0.485. The van der Waals surface area contributed by atoms with Gasteiger partial charge in [-0.1, -0.05) is 24.3 Å². The molecule has 0 fully saturated rings. The summed E-state index contributed by atoms with van der Waals surface area (Å²) >= 11 is 1.08. The van der Waals surface area contributed by atoms with E-state index in [0.29, 0.717) is 19.5 Å². The van der Waals surface area contributed by atoms with Crippen LogP contribution in [0.4, 0.5) is 4.79 Å². The van der Waals surface area contributed by atoms with E-state index in [9.17, 15) is 18.0 Å². The number of amides is 2. The summed E-state index contributed by atoms with van der Waals surface area (Å²) in [7, 11) is -3.80. The second-order valence-corrected chi connectivity index (χ2v) is 9.20. The zero-order valence-corrected chi connectivity index (χ0v) is 17.6. The minimum absolute atomic E-state index is 0.0118. The van der Waals surface area contributed by atoms with E-state index in [1.54, 1.807) is 12.3 Å². The van der Waals surface area contributed by atoms with Crippen LogP contribution in [0.3, 0.4) is 0 Å². The number of carbonyl (C=O) groups excluding carboxylic acids is 2. The Labute approximate surface area is 173 Å². The molecule has 1 aliphatic rings. The Morgan fingerprint density at radius 3 is 2.62 bits per heavy atom. The third kappa shape index (κ3) is 4.95. The van der Waals surface area contributed by atoms with Crippen LogP contribution < -0.4 is 10.6 Å². The molecule has 2 amide bonds. The van der Waals surface area contributed by atoms with Crippen LogP contribution >= 0.6 is 11.3 Å². The standard InChI is InChI=1S/C19H23N3O5S2/c1-2-27-19(24)21-10-9-20-18(23)17-16(8-12-28-17)29(25,26)22-11-7-14-5-3-4-6-15(14)13-22/h3-6,8,12H,2,7,9-11,13H2,1H3,(H,20,23)(H,21,24). The first-order valence-corrected chi connectivity index (χ1v) is 11.6. The normalized spacial score (nSPS) is 14.1. The third-order valence-electron chi connectivity index (χ3n) is 4.50. The lowest BCUT2D eigenvalue weighted by Gasteiger charge is -2.28. The predicted octanol–water partition coefficient (Wildman–Crippen LogP) is 1.97. The van der Waals surface area contributed by atoms with Gasteiger partial charge in [-0.15, -0.1) is 11.3 Å². The van der Waals surface area contributed by atoms with E-state index in [0.717, 1.165) is 22.5 Å². The van der Waals surface area contributed by atoms with E-state index < -0.39 is 22.0 Å². The fraction of sp³-hybridized carbons (Fsp3) is 0.368. The molecule has 1 aromatic carbocycles. The number of benzene rings is 1. The van der Waals surface area contributed by atoms with E-state index in [1.165, 1.54) is 10.4 Å². The zero-order valence-electron chi connectivity index (χ0n) is 16.0. The smallest absolute Gasteiger partial charge is 0.407 e. The van der Waals surface area contributed by atoms with Crippen molar-refractivity contribution in [2.45, 2.75) is 24.8 Å². The average molecular weight is 438 g/mol. The Hall–Kier alpha value is -2.43. The maximum Gasteiger partial charge on any atom is 0.407 e. The van der Waals surface area contributed by atoms with Crippen LogP contribution in [0.1, 0.15) is 27.7 Å².